The third-order valence-electron chi connectivity index (χ3n) is 5.89. The van der Waals surface area contributed by atoms with Crippen molar-refractivity contribution in [1.82, 2.24) is 0 Å². The normalized spacial score (nSPS) is 10.5. The van der Waals surface area contributed by atoms with Crippen molar-refractivity contribution in [3.8, 4) is 23.0 Å². The SMILES string of the molecule is COC(=O)c1ccc(CCc2cc(OC)c(OC)cc2CCc2ccc(OC)c(OC)c2)cc1. The van der Waals surface area contributed by atoms with Crippen molar-refractivity contribution in [3.63, 3.8) is 0 Å². The molecule has 0 aliphatic carbocycles. The van der Waals surface area contributed by atoms with Crippen molar-refractivity contribution in [3.05, 3.63) is 82.4 Å². The molecule has 0 heterocycles. The Balaban J connectivity index is 1.80. The van der Waals surface area contributed by atoms with Gasteiger partial charge in [-0.3, -0.25) is 0 Å². The first-order valence-electron chi connectivity index (χ1n) is 11.1. The maximum absolute atomic E-state index is 11.7. The number of hydrogen-bond acceptors (Lipinski definition) is 6. The zero-order valence-electron chi connectivity index (χ0n) is 20.5. The fraction of sp³-hybridized carbons (Fsp3) is 0.321. The summed E-state index contributed by atoms with van der Waals surface area (Å²) >= 11 is 0. The Labute approximate surface area is 201 Å². The van der Waals surface area contributed by atoms with Gasteiger partial charge in [-0.15, -0.1) is 0 Å². The molecule has 0 N–H and O–H groups in total. The Kier molecular flexibility index (Phi) is 8.79. The van der Waals surface area contributed by atoms with Crippen LogP contribution in [0.4, 0.5) is 0 Å². The van der Waals surface area contributed by atoms with E-state index in [1.807, 2.05) is 24.3 Å². The third kappa shape index (κ3) is 6.01. The first-order chi connectivity index (χ1) is 16.5. The van der Waals surface area contributed by atoms with E-state index in [0.717, 1.165) is 54.1 Å². The Hall–Kier alpha value is -3.67. The summed E-state index contributed by atoms with van der Waals surface area (Å²) in [4.78, 5) is 11.7. The maximum atomic E-state index is 11.7. The van der Waals surface area contributed by atoms with E-state index in [9.17, 15) is 4.79 Å². The molecule has 0 aromatic heterocycles. The van der Waals surface area contributed by atoms with Crippen LogP contribution in [-0.2, 0) is 30.4 Å². The fourth-order valence-corrected chi connectivity index (χ4v) is 3.95. The van der Waals surface area contributed by atoms with E-state index in [1.165, 1.54) is 18.2 Å². The number of esters is 1. The van der Waals surface area contributed by atoms with Gasteiger partial charge < -0.3 is 23.7 Å². The quantitative estimate of drug-likeness (QED) is 0.369. The number of carbonyl (C=O) groups is 1. The standard InChI is InChI=1S/C28H32O6/c1-30-24-15-10-20(16-25(24)31-2)9-14-23-18-27(33-4)26(32-3)17-22(23)13-8-19-6-11-21(12-7-19)28(29)34-5/h6-7,10-12,15-18H,8-9,13-14H2,1-5H3. The molecule has 0 unspecified atom stereocenters. The second-order valence-corrected chi connectivity index (χ2v) is 7.85. The van der Waals surface area contributed by atoms with Crippen molar-refractivity contribution in [2.45, 2.75) is 25.7 Å². The number of carbonyl (C=O) groups excluding carboxylic acids is 1. The molecule has 6 heteroatoms. The topological polar surface area (TPSA) is 63.2 Å². The summed E-state index contributed by atoms with van der Waals surface area (Å²) in [5.41, 5.74) is 5.27. The smallest absolute Gasteiger partial charge is 0.337 e. The van der Waals surface area contributed by atoms with E-state index >= 15 is 0 Å². The van der Waals surface area contributed by atoms with Gasteiger partial charge in [0, 0.05) is 0 Å². The molecule has 3 aromatic rings. The van der Waals surface area contributed by atoms with Crippen LogP contribution in [0.15, 0.2) is 54.6 Å². The summed E-state index contributed by atoms with van der Waals surface area (Å²) in [6, 6.07) is 17.7. The van der Waals surface area contributed by atoms with Gasteiger partial charge in [0.15, 0.2) is 23.0 Å². The van der Waals surface area contributed by atoms with Crippen LogP contribution in [-0.4, -0.2) is 41.5 Å². The van der Waals surface area contributed by atoms with Crippen molar-refractivity contribution < 1.29 is 28.5 Å². The van der Waals surface area contributed by atoms with E-state index in [4.69, 9.17) is 23.7 Å². The molecule has 0 radical (unpaired) electrons. The Morgan fingerprint density at radius 2 is 1.03 bits per heavy atom. The average molecular weight is 465 g/mol. The number of rotatable bonds is 11. The summed E-state index contributed by atoms with van der Waals surface area (Å²) in [6.45, 7) is 0. The molecule has 0 aliphatic heterocycles. The van der Waals surface area contributed by atoms with E-state index in [2.05, 4.69) is 18.2 Å². The molecule has 6 nitrogen and oxygen atoms in total. The summed E-state index contributed by atoms with van der Waals surface area (Å²) in [5.74, 6) is 2.55. The van der Waals surface area contributed by atoms with Gasteiger partial charge in [0.2, 0.25) is 0 Å². The van der Waals surface area contributed by atoms with Gasteiger partial charge in [-0.25, -0.2) is 4.79 Å². The minimum Gasteiger partial charge on any atom is -0.493 e. The van der Waals surface area contributed by atoms with E-state index in [0.29, 0.717) is 11.3 Å². The molecule has 0 saturated carbocycles. The van der Waals surface area contributed by atoms with E-state index in [1.54, 1.807) is 40.6 Å². The van der Waals surface area contributed by atoms with Crippen LogP contribution in [0, 0.1) is 0 Å². The monoisotopic (exact) mass is 464 g/mol. The number of ether oxygens (including phenoxy) is 5. The lowest BCUT2D eigenvalue weighted by Crippen LogP contribution is -2.04. The molecule has 0 fully saturated rings. The zero-order valence-corrected chi connectivity index (χ0v) is 20.5. The molecule has 0 atom stereocenters. The van der Waals surface area contributed by atoms with Crippen LogP contribution in [0.25, 0.3) is 0 Å². The molecule has 3 rings (SSSR count). The molecule has 0 bridgehead atoms. The Morgan fingerprint density at radius 3 is 1.53 bits per heavy atom. The van der Waals surface area contributed by atoms with Crippen LogP contribution >= 0.6 is 0 Å². The molecule has 0 aliphatic rings. The average Bonchev–Trinajstić information content (AvgIpc) is 2.89. The molecule has 180 valence electrons. The maximum Gasteiger partial charge on any atom is 0.337 e. The van der Waals surface area contributed by atoms with Crippen molar-refractivity contribution in [2.75, 3.05) is 35.5 Å². The zero-order chi connectivity index (χ0) is 24.5. The van der Waals surface area contributed by atoms with Gasteiger partial charge in [0.05, 0.1) is 41.1 Å². The molecule has 34 heavy (non-hydrogen) atoms. The van der Waals surface area contributed by atoms with E-state index in [-0.39, 0.29) is 5.97 Å². The fourth-order valence-electron chi connectivity index (χ4n) is 3.95. The Morgan fingerprint density at radius 1 is 0.559 bits per heavy atom. The molecular weight excluding hydrogens is 432 g/mol. The largest absolute Gasteiger partial charge is 0.493 e. The van der Waals surface area contributed by atoms with Crippen LogP contribution in [0.5, 0.6) is 23.0 Å². The second-order valence-electron chi connectivity index (χ2n) is 7.85. The second kappa shape index (κ2) is 12.0. The highest BCUT2D eigenvalue weighted by Gasteiger charge is 2.13. The number of methoxy groups -OCH3 is 5. The minimum absolute atomic E-state index is 0.330. The van der Waals surface area contributed by atoms with Gasteiger partial charge in [-0.2, -0.15) is 0 Å². The lowest BCUT2D eigenvalue weighted by molar-refractivity contribution is 0.0600. The van der Waals surface area contributed by atoms with Crippen molar-refractivity contribution in [1.29, 1.82) is 0 Å². The number of aryl methyl sites for hydroxylation is 4. The highest BCUT2D eigenvalue weighted by molar-refractivity contribution is 5.89. The summed E-state index contributed by atoms with van der Waals surface area (Å²) in [7, 11) is 7.97. The highest BCUT2D eigenvalue weighted by atomic mass is 16.5. The summed E-state index contributed by atoms with van der Waals surface area (Å²) in [6.07, 6.45) is 3.35. The first-order valence-corrected chi connectivity index (χ1v) is 11.1. The summed E-state index contributed by atoms with van der Waals surface area (Å²) in [5, 5.41) is 0. The van der Waals surface area contributed by atoms with E-state index < -0.39 is 0 Å². The number of benzene rings is 3. The van der Waals surface area contributed by atoms with Gasteiger partial charge >= 0.3 is 5.97 Å². The minimum atomic E-state index is -0.330. The lowest BCUT2D eigenvalue weighted by Gasteiger charge is -2.16. The lowest BCUT2D eigenvalue weighted by atomic mass is 9.94. The van der Waals surface area contributed by atoms with Gasteiger partial charge in [0.25, 0.3) is 0 Å². The van der Waals surface area contributed by atoms with Gasteiger partial charge in [0.1, 0.15) is 0 Å². The highest BCUT2D eigenvalue weighted by Crippen LogP contribution is 2.33. The van der Waals surface area contributed by atoms with Crippen LogP contribution in [0.2, 0.25) is 0 Å². The number of hydrogen-bond donors (Lipinski definition) is 0. The first kappa shape index (κ1) is 25.0. The molecule has 0 spiro atoms. The predicted molar refractivity (Wildman–Crippen MR) is 132 cm³/mol. The predicted octanol–water partition coefficient (Wildman–Crippen LogP) is 5.08. The molecular formula is C28H32O6. The van der Waals surface area contributed by atoms with Crippen molar-refractivity contribution in [2.24, 2.45) is 0 Å². The van der Waals surface area contributed by atoms with Crippen LogP contribution < -0.4 is 18.9 Å². The molecule has 0 saturated heterocycles. The molecule has 0 amide bonds. The molecule has 3 aromatic carbocycles. The van der Waals surface area contributed by atoms with Gasteiger partial charge in [-0.1, -0.05) is 18.2 Å². The summed E-state index contributed by atoms with van der Waals surface area (Å²) < 4.78 is 26.7. The van der Waals surface area contributed by atoms with Gasteiger partial charge in [-0.05, 0) is 84.3 Å². The van der Waals surface area contributed by atoms with Crippen LogP contribution in [0.1, 0.15) is 32.6 Å². The third-order valence-corrected chi connectivity index (χ3v) is 5.89. The van der Waals surface area contributed by atoms with Crippen molar-refractivity contribution >= 4 is 5.97 Å². The van der Waals surface area contributed by atoms with Crippen LogP contribution in [0.3, 0.4) is 0 Å². The Bertz CT molecular complexity index is 1100.